The number of amides is 2. The number of carbonyl (C=O) groups excluding carboxylic acids is 4. The van der Waals surface area contributed by atoms with E-state index in [0.29, 0.717) is 17.3 Å². The van der Waals surface area contributed by atoms with Gasteiger partial charge in [0.25, 0.3) is 5.91 Å². The smallest absolute Gasteiger partial charge is 0.355 e. The van der Waals surface area contributed by atoms with Gasteiger partial charge in [0.05, 0.1) is 24.4 Å². The zero-order valence-electron chi connectivity index (χ0n) is 17.4. The minimum absolute atomic E-state index is 0.0624. The molecule has 1 aromatic heterocycles. The second kappa shape index (κ2) is 10.5. The number of benzene rings is 1. The molecule has 1 aromatic carbocycles. The van der Waals surface area contributed by atoms with E-state index in [9.17, 15) is 32.3 Å². The van der Waals surface area contributed by atoms with Crippen LogP contribution in [0.5, 0.6) is 0 Å². The van der Waals surface area contributed by atoms with Gasteiger partial charge in [-0.05, 0) is 38.5 Å². The number of aromatic nitrogens is 1. The van der Waals surface area contributed by atoms with Gasteiger partial charge in [-0.2, -0.15) is 0 Å². The molecule has 0 saturated heterocycles. The van der Waals surface area contributed by atoms with E-state index >= 15 is 0 Å². The van der Waals surface area contributed by atoms with Crippen LogP contribution in [-0.2, 0) is 19.1 Å². The van der Waals surface area contributed by atoms with Crippen molar-refractivity contribution in [3.63, 3.8) is 0 Å². The minimum atomic E-state index is -1.75. The molecule has 0 fully saturated rings. The van der Waals surface area contributed by atoms with Crippen molar-refractivity contribution < 1.29 is 41.8 Å². The van der Waals surface area contributed by atoms with Crippen molar-refractivity contribution in [3.05, 3.63) is 52.1 Å². The molecule has 0 unspecified atom stereocenters. The molecule has 3 N–H and O–H groups in total. The van der Waals surface area contributed by atoms with Gasteiger partial charge in [0.15, 0.2) is 24.1 Å². The molecule has 1 heterocycles. The lowest BCUT2D eigenvalue weighted by molar-refractivity contribution is -0.126. The van der Waals surface area contributed by atoms with Crippen LogP contribution >= 0.6 is 0 Å². The van der Waals surface area contributed by atoms with E-state index in [1.54, 1.807) is 6.92 Å². The molecule has 2 aromatic rings. The molecule has 0 spiro atoms. The van der Waals surface area contributed by atoms with Crippen LogP contribution in [0.25, 0.3) is 0 Å². The molecule has 32 heavy (non-hydrogen) atoms. The van der Waals surface area contributed by atoms with Gasteiger partial charge in [-0.1, -0.05) is 0 Å². The van der Waals surface area contributed by atoms with Crippen molar-refractivity contribution in [1.29, 1.82) is 0 Å². The topological polar surface area (TPSA) is 127 Å². The number of aryl methyl sites for hydroxylation is 1. The van der Waals surface area contributed by atoms with E-state index in [1.165, 1.54) is 13.8 Å². The molecule has 9 nitrogen and oxygen atoms in total. The van der Waals surface area contributed by atoms with Gasteiger partial charge in [0.1, 0.15) is 5.69 Å². The van der Waals surface area contributed by atoms with Crippen molar-refractivity contribution >= 4 is 29.4 Å². The van der Waals surface area contributed by atoms with Gasteiger partial charge in [0.2, 0.25) is 5.91 Å². The van der Waals surface area contributed by atoms with Crippen LogP contribution < -0.4 is 10.6 Å². The first kappa shape index (κ1) is 24.4. The maximum absolute atomic E-state index is 13.5. The zero-order valence-corrected chi connectivity index (χ0v) is 17.4. The van der Waals surface area contributed by atoms with Gasteiger partial charge in [-0.15, -0.1) is 0 Å². The lowest BCUT2D eigenvalue weighted by atomic mass is 10.1. The zero-order chi connectivity index (χ0) is 24.0. The van der Waals surface area contributed by atoms with Gasteiger partial charge < -0.3 is 25.1 Å². The molecule has 12 heteroatoms. The fourth-order valence-electron chi connectivity index (χ4n) is 2.71. The summed E-state index contributed by atoms with van der Waals surface area (Å²) in [5, 5.41) is 4.10. The number of ether oxygens (including phenoxy) is 2. The molecule has 2 rings (SSSR count). The monoisotopic (exact) mass is 455 g/mol. The fourth-order valence-corrected chi connectivity index (χ4v) is 2.71. The first-order chi connectivity index (χ1) is 15.1. The number of anilines is 1. The first-order valence-corrected chi connectivity index (χ1v) is 9.30. The van der Waals surface area contributed by atoms with Crippen LogP contribution in [0.4, 0.5) is 18.9 Å². The molecule has 0 radical (unpaired) electrons. The van der Waals surface area contributed by atoms with Gasteiger partial charge in [-0.3, -0.25) is 9.59 Å². The van der Waals surface area contributed by atoms with Crippen molar-refractivity contribution in [2.24, 2.45) is 0 Å². The van der Waals surface area contributed by atoms with Crippen LogP contribution in [0.15, 0.2) is 12.1 Å². The molecule has 172 valence electrons. The van der Waals surface area contributed by atoms with E-state index in [4.69, 9.17) is 9.47 Å². The van der Waals surface area contributed by atoms with Gasteiger partial charge >= 0.3 is 11.9 Å². The Kier molecular flexibility index (Phi) is 7.99. The van der Waals surface area contributed by atoms with Crippen LogP contribution in [0, 0.1) is 31.3 Å². The summed E-state index contributed by atoms with van der Waals surface area (Å²) in [5.41, 5.74) is 0.169. The maximum atomic E-state index is 13.5. The Morgan fingerprint density at radius 3 is 2.31 bits per heavy atom. The second-order valence-corrected chi connectivity index (χ2v) is 6.47. The van der Waals surface area contributed by atoms with E-state index in [0.717, 1.165) is 6.07 Å². The van der Waals surface area contributed by atoms with Gasteiger partial charge in [0, 0.05) is 5.69 Å². The predicted molar refractivity (Wildman–Crippen MR) is 104 cm³/mol. The van der Waals surface area contributed by atoms with Crippen molar-refractivity contribution in [1.82, 2.24) is 10.3 Å². The van der Waals surface area contributed by atoms with E-state index in [-0.39, 0.29) is 17.9 Å². The molecule has 2 amide bonds. The second-order valence-electron chi connectivity index (χ2n) is 6.47. The summed E-state index contributed by atoms with van der Waals surface area (Å²) in [4.78, 5) is 50.5. The average molecular weight is 455 g/mol. The third-order valence-corrected chi connectivity index (χ3v) is 4.21. The summed E-state index contributed by atoms with van der Waals surface area (Å²) in [6.07, 6.45) is 0. The quantitative estimate of drug-likeness (QED) is 0.414. The Hall–Kier alpha value is -3.83. The van der Waals surface area contributed by atoms with Crippen LogP contribution in [0.1, 0.15) is 39.0 Å². The molecule has 0 aliphatic heterocycles. The highest BCUT2D eigenvalue weighted by Crippen LogP contribution is 2.20. The van der Waals surface area contributed by atoms with Crippen LogP contribution in [-0.4, -0.2) is 48.5 Å². The highest BCUT2D eigenvalue weighted by Gasteiger charge is 2.24. The summed E-state index contributed by atoms with van der Waals surface area (Å²) >= 11 is 0. The maximum Gasteiger partial charge on any atom is 0.355 e. The summed E-state index contributed by atoms with van der Waals surface area (Å²) in [7, 11) is 0. The highest BCUT2D eigenvalue weighted by atomic mass is 19.2. The lowest BCUT2D eigenvalue weighted by Crippen LogP contribution is -2.35. The normalized spacial score (nSPS) is 10.4. The van der Waals surface area contributed by atoms with Gasteiger partial charge in [-0.25, -0.2) is 22.8 Å². The Labute approximate surface area is 180 Å². The Morgan fingerprint density at radius 1 is 0.969 bits per heavy atom. The SMILES string of the molecule is CCOC(=O)c1[nH]c(C)c(C(=O)OCC(=O)NCC(=O)Nc2ccc(F)c(F)c2F)c1C. The lowest BCUT2D eigenvalue weighted by Gasteiger charge is -2.09. The number of H-pyrrole nitrogens is 1. The van der Waals surface area contributed by atoms with E-state index in [1.807, 2.05) is 5.32 Å². The molecule has 0 aliphatic carbocycles. The van der Waals surface area contributed by atoms with Crippen molar-refractivity contribution in [2.45, 2.75) is 20.8 Å². The number of rotatable bonds is 8. The molecule has 0 saturated carbocycles. The molecule has 0 bridgehead atoms. The fraction of sp³-hybridized carbons (Fsp3) is 0.300. The first-order valence-electron chi connectivity index (χ1n) is 9.30. The van der Waals surface area contributed by atoms with Crippen LogP contribution in [0.2, 0.25) is 0 Å². The summed E-state index contributed by atoms with van der Waals surface area (Å²) in [6, 6.07) is 1.45. The highest BCUT2D eigenvalue weighted by molar-refractivity contribution is 5.99. The molecular weight excluding hydrogens is 435 g/mol. The largest absolute Gasteiger partial charge is 0.461 e. The number of hydrogen-bond acceptors (Lipinski definition) is 6. The Morgan fingerprint density at radius 2 is 1.66 bits per heavy atom. The summed E-state index contributed by atoms with van der Waals surface area (Å²) in [6.45, 7) is 3.43. The summed E-state index contributed by atoms with van der Waals surface area (Å²) in [5.74, 6) is -8.05. The third-order valence-electron chi connectivity index (χ3n) is 4.21. The number of carbonyl (C=O) groups is 4. The molecule has 0 atom stereocenters. The standard InChI is InChI=1S/C20H20F3N3O6/c1-4-31-20(30)18-9(2)15(10(3)25-18)19(29)32-8-14(28)24-7-13(27)26-12-6-5-11(21)16(22)17(12)23/h5-6,25H,4,7-8H2,1-3H3,(H,24,28)(H,26,27). The number of halogens is 3. The molecule has 0 aliphatic rings. The van der Waals surface area contributed by atoms with Crippen LogP contribution in [0.3, 0.4) is 0 Å². The Balaban J connectivity index is 1.88. The van der Waals surface area contributed by atoms with E-state index < -0.39 is 60.0 Å². The number of nitrogens with one attached hydrogen (secondary N) is 3. The van der Waals surface area contributed by atoms with Crippen molar-refractivity contribution in [2.75, 3.05) is 25.1 Å². The summed E-state index contributed by atoms with van der Waals surface area (Å²) < 4.78 is 49.4. The molecular formula is C20H20F3N3O6. The number of hydrogen-bond donors (Lipinski definition) is 3. The average Bonchev–Trinajstić information content (AvgIpc) is 3.05. The third kappa shape index (κ3) is 5.65. The van der Waals surface area contributed by atoms with E-state index in [2.05, 4.69) is 10.3 Å². The minimum Gasteiger partial charge on any atom is -0.461 e. The predicted octanol–water partition coefficient (Wildman–Crippen LogP) is 2.14. The number of aromatic amines is 1. The number of esters is 2. The van der Waals surface area contributed by atoms with Crippen molar-refractivity contribution in [3.8, 4) is 0 Å². The Bertz CT molecular complexity index is 1070.